The van der Waals surface area contributed by atoms with Gasteiger partial charge in [0.25, 0.3) is 0 Å². The SMILES string of the molecule is CCCCCCCCCOC(=O)CCCCCCCN(CCCCCCCC(=O)OCC(CCCCCCCC)CCCCCCCC)CCCN(O)S(C)(=O)=O. The molecule has 0 unspecified atom stereocenters. The lowest BCUT2D eigenvalue weighted by atomic mass is 9.94. The third kappa shape index (κ3) is 40.0. The summed E-state index contributed by atoms with van der Waals surface area (Å²) in [6.45, 7) is 10.6. The standard InChI is InChI=1S/C47H94N2O7S/c1-5-8-11-14-17-26-33-43-55-46(50)37-29-22-18-24-31-39-48(41-34-42-49(52)57(4,53)54)40-32-25-19-23-30-38-47(51)56-44-45(35-27-20-15-12-9-6-2)36-28-21-16-13-10-7-3/h45,52H,5-44H2,1-4H3. The second-order valence-electron chi connectivity index (χ2n) is 17.0. The van der Waals surface area contributed by atoms with Crippen LogP contribution >= 0.6 is 0 Å². The first-order chi connectivity index (χ1) is 27.6. The van der Waals surface area contributed by atoms with E-state index in [1.165, 1.54) is 122 Å². The summed E-state index contributed by atoms with van der Waals surface area (Å²) in [5.41, 5.74) is 0. The normalized spacial score (nSPS) is 12.0. The van der Waals surface area contributed by atoms with Gasteiger partial charge in [-0.05, 0) is 76.9 Å². The lowest BCUT2D eigenvalue weighted by molar-refractivity contribution is -0.145. The van der Waals surface area contributed by atoms with Gasteiger partial charge in [-0.1, -0.05) is 179 Å². The highest BCUT2D eigenvalue weighted by Gasteiger charge is 2.15. The Labute approximate surface area is 353 Å². The van der Waals surface area contributed by atoms with Crippen LogP contribution in [0.5, 0.6) is 0 Å². The fraction of sp³-hybridized carbons (Fsp3) is 0.957. The van der Waals surface area contributed by atoms with Crippen LogP contribution in [0.4, 0.5) is 0 Å². The summed E-state index contributed by atoms with van der Waals surface area (Å²) in [6, 6.07) is 0. The van der Waals surface area contributed by atoms with Crippen LogP contribution in [0, 0.1) is 5.92 Å². The number of ether oxygens (including phenoxy) is 2. The first-order valence-electron chi connectivity index (χ1n) is 24.3. The van der Waals surface area contributed by atoms with Gasteiger partial charge in [0.1, 0.15) is 0 Å². The Morgan fingerprint density at radius 3 is 1.30 bits per heavy atom. The summed E-state index contributed by atoms with van der Waals surface area (Å²) in [6.07, 6.45) is 39.3. The molecule has 0 fully saturated rings. The van der Waals surface area contributed by atoms with Crippen LogP contribution in [-0.4, -0.2) is 80.6 Å². The number of carbonyl (C=O) groups is 2. The van der Waals surface area contributed by atoms with E-state index in [2.05, 4.69) is 25.7 Å². The van der Waals surface area contributed by atoms with Crippen molar-refractivity contribution in [2.75, 3.05) is 45.6 Å². The van der Waals surface area contributed by atoms with Crippen molar-refractivity contribution in [3.8, 4) is 0 Å². The van der Waals surface area contributed by atoms with Gasteiger partial charge in [-0.15, -0.1) is 0 Å². The molecule has 0 heterocycles. The minimum atomic E-state index is -3.60. The predicted octanol–water partition coefficient (Wildman–Crippen LogP) is 13.0. The lowest BCUT2D eigenvalue weighted by Gasteiger charge is -2.23. The summed E-state index contributed by atoms with van der Waals surface area (Å²) in [4.78, 5) is 27.1. The molecule has 1 N–H and O–H groups in total. The van der Waals surface area contributed by atoms with Crippen LogP contribution in [0.2, 0.25) is 0 Å². The molecule has 0 saturated carbocycles. The number of sulfonamides is 1. The average molecular weight is 831 g/mol. The second kappa shape index (κ2) is 41.5. The molecule has 0 radical (unpaired) electrons. The van der Waals surface area contributed by atoms with Gasteiger partial charge in [0.2, 0.25) is 10.0 Å². The van der Waals surface area contributed by atoms with Gasteiger partial charge in [0.15, 0.2) is 0 Å². The zero-order valence-electron chi connectivity index (χ0n) is 38.1. The van der Waals surface area contributed by atoms with Crippen LogP contribution in [0.3, 0.4) is 0 Å². The fourth-order valence-electron chi connectivity index (χ4n) is 7.54. The zero-order valence-corrected chi connectivity index (χ0v) is 38.9. The van der Waals surface area contributed by atoms with Gasteiger partial charge in [0, 0.05) is 19.4 Å². The van der Waals surface area contributed by atoms with E-state index in [4.69, 9.17) is 9.47 Å². The van der Waals surface area contributed by atoms with Crippen molar-refractivity contribution in [3.63, 3.8) is 0 Å². The minimum absolute atomic E-state index is 0.0391. The maximum absolute atomic E-state index is 12.6. The lowest BCUT2D eigenvalue weighted by Crippen LogP contribution is -2.32. The van der Waals surface area contributed by atoms with Gasteiger partial charge in [-0.3, -0.25) is 14.8 Å². The summed E-state index contributed by atoms with van der Waals surface area (Å²) in [5, 5.41) is 9.83. The molecule has 0 aliphatic rings. The fourth-order valence-corrected chi connectivity index (χ4v) is 8.00. The number of hydroxylamine groups is 1. The highest BCUT2D eigenvalue weighted by Crippen LogP contribution is 2.21. The zero-order chi connectivity index (χ0) is 42.1. The smallest absolute Gasteiger partial charge is 0.305 e. The van der Waals surface area contributed by atoms with Crippen LogP contribution < -0.4 is 0 Å². The molecule has 10 heteroatoms. The van der Waals surface area contributed by atoms with Crippen LogP contribution in [0.15, 0.2) is 0 Å². The Hall–Kier alpha value is -1.23. The summed E-state index contributed by atoms with van der Waals surface area (Å²) in [7, 11) is -3.60. The van der Waals surface area contributed by atoms with E-state index in [-0.39, 0.29) is 18.5 Å². The maximum atomic E-state index is 12.6. The Morgan fingerprint density at radius 1 is 0.474 bits per heavy atom. The molecule has 0 aliphatic heterocycles. The molecule has 0 aromatic heterocycles. The van der Waals surface area contributed by atoms with Gasteiger partial charge >= 0.3 is 11.9 Å². The summed E-state index contributed by atoms with van der Waals surface area (Å²) in [5.74, 6) is 0.393. The van der Waals surface area contributed by atoms with E-state index in [0.29, 0.717) is 42.9 Å². The molecule has 0 saturated heterocycles. The molecule has 0 amide bonds. The van der Waals surface area contributed by atoms with Crippen molar-refractivity contribution < 1.29 is 32.7 Å². The van der Waals surface area contributed by atoms with Crippen molar-refractivity contribution >= 4 is 22.0 Å². The largest absolute Gasteiger partial charge is 0.466 e. The summed E-state index contributed by atoms with van der Waals surface area (Å²) >= 11 is 0. The minimum Gasteiger partial charge on any atom is -0.466 e. The van der Waals surface area contributed by atoms with Gasteiger partial charge in [-0.2, -0.15) is 0 Å². The van der Waals surface area contributed by atoms with E-state index in [9.17, 15) is 23.2 Å². The molecule has 0 atom stereocenters. The first kappa shape index (κ1) is 55.8. The van der Waals surface area contributed by atoms with Crippen LogP contribution in [0.1, 0.15) is 239 Å². The molecule has 57 heavy (non-hydrogen) atoms. The second-order valence-corrected chi connectivity index (χ2v) is 18.9. The topological polar surface area (TPSA) is 113 Å². The van der Waals surface area contributed by atoms with Crippen LogP contribution in [0.25, 0.3) is 0 Å². The van der Waals surface area contributed by atoms with Crippen molar-refractivity contribution in [1.29, 1.82) is 0 Å². The maximum Gasteiger partial charge on any atom is 0.305 e. The van der Waals surface area contributed by atoms with Crippen LogP contribution in [-0.2, 0) is 29.1 Å². The third-order valence-electron chi connectivity index (χ3n) is 11.3. The van der Waals surface area contributed by atoms with E-state index in [0.717, 1.165) is 103 Å². The molecule has 0 spiro atoms. The predicted molar refractivity (Wildman–Crippen MR) is 239 cm³/mol. The highest BCUT2D eigenvalue weighted by atomic mass is 32.2. The molecule has 0 rings (SSSR count). The number of nitrogens with zero attached hydrogens (tertiary/aromatic N) is 2. The Balaban J connectivity index is 4.35. The number of carbonyl (C=O) groups excluding carboxylic acids is 2. The van der Waals surface area contributed by atoms with Crippen molar-refractivity contribution in [3.05, 3.63) is 0 Å². The Bertz CT molecular complexity index is 980. The monoisotopic (exact) mass is 831 g/mol. The van der Waals surface area contributed by atoms with E-state index < -0.39 is 10.0 Å². The number of esters is 2. The number of hydrogen-bond acceptors (Lipinski definition) is 8. The van der Waals surface area contributed by atoms with Gasteiger partial charge in [0.05, 0.1) is 19.5 Å². The van der Waals surface area contributed by atoms with E-state index in [1.54, 1.807) is 0 Å². The quantitative estimate of drug-likeness (QED) is 0.0367. The third-order valence-corrected chi connectivity index (χ3v) is 12.3. The first-order valence-corrected chi connectivity index (χ1v) is 26.2. The summed E-state index contributed by atoms with van der Waals surface area (Å²) < 4.78 is 34.9. The molecule has 340 valence electrons. The van der Waals surface area contributed by atoms with Gasteiger partial charge in [-0.25, -0.2) is 8.42 Å². The molecular formula is C47H94N2O7S. The number of unbranched alkanes of at least 4 members (excludes halogenated alkanes) is 24. The highest BCUT2D eigenvalue weighted by molar-refractivity contribution is 7.88. The molecular weight excluding hydrogens is 737 g/mol. The van der Waals surface area contributed by atoms with E-state index in [1.807, 2.05) is 0 Å². The molecule has 0 bridgehead atoms. The molecule has 9 nitrogen and oxygen atoms in total. The molecule has 0 aliphatic carbocycles. The number of rotatable bonds is 45. The van der Waals surface area contributed by atoms with Crippen molar-refractivity contribution in [2.24, 2.45) is 5.92 Å². The Kier molecular flexibility index (Phi) is 40.6. The average Bonchev–Trinajstić information content (AvgIpc) is 3.18. The Morgan fingerprint density at radius 2 is 0.842 bits per heavy atom. The molecule has 0 aromatic carbocycles. The van der Waals surface area contributed by atoms with E-state index >= 15 is 0 Å². The molecule has 0 aromatic rings. The number of hydrogen-bond donors (Lipinski definition) is 1. The van der Waals surface area contributed by atoms with Crippen molar-refractivity contribution in [1.82, 2.24) is 9.37 Å². The van der Waals surface area contributed by atoms with Gasteiger partial charge < -0.3 is 14.4 Å². The van der Waals surface area contributed by atoms with Crippen molar-refractivity contribution in [2.45, 2.75) is 239 Å².